The van der Waals surface area contributed by atoms with Gasteiger partial charge in [-0.3, -0.25) is 0 Å². The van der Waals surface area contributed by atoms with Gasteiger partial charge in [0.25, 0.3) is 0 Å². The molecule has 0 aliphatic carbocycles. The van der Waals surface area contributed by atoms with Gasteiger partial charge in [-0.15, -0.1) is 0 Å². The smallest absolute Gasteiger partial charge is 0.337 e. The highest BCUT2D eigenvalue weighted by atomic mass is 16.5. The Morgan fingerprint density at radius 1 is 1.59 bits per heavy atom. The highest BCUT2D eigenvalue weighted by Gasteiger charge is 2.27. The van der Waals surface area contributed by atoms with Crippen molar-refractivity contribution in [3.8, 4) is 0 Å². The number of anilines is 1. The van der Waals surface area contributed by atoms with Gasteiger partial charge in [0.2, 0.25) is 0 Å². The van der Waals surface area contributed by atoms with E-state index in [1.54, 1.807) is 12.1 Å². The molecule has 1 aromatic rings. The number of carboxylic acid groups (broad SMARTS) is 1. The summed E-state index contributed by atoms with van der Waals surface area (Å²) in [6.07, 6.45) is 3.41. The lowest BCUT2D eigenvalue weighted by molar-refractivity contribution is 0.0539. The molecule has 92 valence electrons. The molecule has 1 aliphatic rings. The molecule has 1 saturated heterocycles. The third kappa shape index (κ3) is 2.94. The van der Waals surface area contributed by atoms with E-state index in [1.807, 2.05) is 0 Å². The number of carbonyl (C=O) groups is 1. The highest BCUT2D eigenvalue weighted by Crippen LogP contribution is 2.22. The van der Waals surface area contributed by atoms with Gasteiger partial charge in [0.1, 0.15) is 5.82 Å². The van der Waals surface area contributed by atoms with Gasteiger partial charge in [0.05, 0.1) is 17.7 Å². The molecule has 2 N–H and O–H groups in total. The zero-order valence-electron chi connectivity index (χ0n) is 9.77. The van der Waals surface area contributed by atoms with Gasteiger partial charge >= 0.3 is 5.97 Å². The Hall–Kier alpha value is -1.62. The second-order valence-corrected chi connectivity index (χ2v) is 4.58. The molecular weight excluding hydrogens is 220 g/mol. The summed E-state index contributed by atoms with van der Waals surface area (Å²) in [6, 6.07) is 3.23. The van der Waals surface area contributed by atoms with Crippen molar-refractivity contribution in [1.82, 2.24) is 4.98 Å². The molecule has 0 spiro atoms. The summed E-state index contributed by atoms with van der Waals surface area (Å²) in [5.74, 6) is -0.278. The van der Waals surface area contributed by atoms with Crippen LogP contribution in [-0.4, -0.2) is 34.8 Å². The fourth-order valence-electron chi connectivity index (χ4n) is 1.94. The molecule has 1 fully saturated rings. The molecule has 5 heteroatoms. The Morgan fingerprint density at radius 2 is 2.41 bits per heavy atom. The van der Waals surface area contributed by atoms with Crippen LogP contribution in [0, 0.1) is 0 Å². The predicted octanol–water partition coefficient (Wildman–Crippen LogP) is 1.76. The molecule has 1 unspecified atom stereocenters. The van der Waals surface area contributed by atoms with E-state index < -0.39 is 5.97 Å². The average Bonchev–Trinajstić information content (AvgIpc) is 2.30. The minimum atomic E-state index is -0.962. The van der Waals surface area contributed by atoms with Crippen LogP contribution in [0.5, 0.6) is 0 Å². The number of nitrogens with one attached hydrogen (secondary N) is 1. The fraction of sp³-hybridized carbons (Fsp3) is 0.500. The molecule has 0 amide bonds. The zero-order valence-corrected chi connectivity index (χ0v) is 9.77. The fourth-order valence-corrected chi connectivity index (χ4v) is 1.94. The molecular formula is C12H16N2O3. The van der Waals surface area contributed by atoms with E-state index in [-0.39, 0.29) is 11.1 Å². The number of hydrogen-bond acceptors (Lipinski definition) is 4. The molecule has 1 atom stereocenters. The molecule has 2 rings (SSSR count). The molecule has 0 bridgehead atoms. The largest absolute Gasteiger partial charge is 0.478 e. The Kier molecular flexibility index (Phi) is 3.28. The summed E-state index contributed by atoms with van der Waals surface area (Å²) in [5, 5.41) is 12.1. The number of aromatic nitrogens is 1. The maximum absolute atomic E-state index is 10.7. The van der Waals surface area contributed by atoms with Crippen LogP contribution < -0.4 is 5.32 Å². The van der Waals surface area contributed by atoms with Gasteiger partial charge in [-0.25, -0.2) is 9.78 Å². The van der Waals surface area contributed by atoms with E-state index in [2.05, 4.69) is 17.2 Å². The second kappa shape index (κ2) is 4.71. The average molecular weight is 236 g/mol. The first-order valence-electron chi connectivity index (χ1n) is 5.64. The highest BCUT2D eigenvalue weighted by molar-refractivity contribution is 5.87. The van der Waals surface area contributed by atoms with Crippen LogP contribution in [0.3, 0.4) is 0 Å². The van der Waals surface area contributed by atoms with Gasteiger partial charge in [-0.1, -0.05) is 0 Å². The number of rotatable bonds is 3. The lowest BCUT2D eigenvalue weighted by Crippen LogP contribution is -2.43. The first kappa shape index (κ1) is 11.9. The normalized spacial score (nSPS) is 24.3. The summed E-state index contributed by atoms with van der Waals surface area (Å²) in [5.41, 5.74) is 0.0799. The molecule has 5 nitrogen and oxygen atoms in total. The van der Waals surface area contributed by atoms with E-state index in [4.69, 9.17) is 9.84 Å². The van der Waals surface area contributed by atoms with Crippen molar-refractivity contribution in [2.45, 2.75) is 25.3 Å². The van der Waals surface area contributed by atoms with Gasteiger partial charge in [0.15, 0.2) is 0 Å². The molecule has 0 radical (unpaired) electrons. The Balaban J connectivity index is 2.05. The third-order valence-electron chi connectivity index (χ3n) is 2.88. The monoisotopic (exact) mass is 236 g/mol. The molecule has 0 saturated carbocycles. The van der Waals surface area contributed by atoms with Crippen LogP contribution in [-0.2, 0) is 4.74 Å². The minimum Gasteiger partial charge on any atom is -0.478 e. The number of nitrogens with zero attached hydrogens (tertiary/aromatic N) is 1. The van der Waals surface area contributed by atoms with Crippen molar-refractivity contribution in [3.05, 3.63) is 23.9 Å². The van der Waals surface area contributed by atoms with E-state index in [9.17, 15) is 4.79 Å². The van der Waals surface area contributed by atoms with Gasteiger partial charge in [-0.05, 0) is 31.9 Å². The number of aromatic carboxylic acids is 1. The Morgan fingerprint density at radius 3 is 2.94 bits per heavy atom. The third-order valence-corrected chi connectivity index (χ3v) is 2.88. The minimum absolute atomic E-state index is 0.115. The number of hydrogen-bond donors (Lipinski definition) is 2. The van der Waals surface area contributed by atoms with Crippen LogP contribution >= 0.6 is 0 Å². The standard InChI is InChI=1S/C12H16N2O3/c1-12(5-2-6-17-8-12)14-10-4-3-9(7-13-10)11(15)16/h3-4,7H,2,5-6,8H2,1H3,(H,13,14)(H,15,16). The second-order valence-electron chi connectivity index (χ2n) is 4.58. The van der Waals surface area contributed by atoms with Crippen molar-refractivity contribution in [2.24, 2.45) is 0 Å². The van der Waals surface area contributed by atoms with Crippen LogP contribution in [0.25, 0.3) is 0 Å². The summed E-state index contributed by atoms with van der Waals surface area (Å²) in [4.78, 5) is 14.8. The summed E-state index contributed by atoms with van der Waals surface area (Å²) < 4.78 is 5.43. The van der Waals surface area contributed by atoms with Crippen LogP contribution in [0.15, 0.2) is 18.3 Å². The van der Waals surface area contributed by atoms with Crippen molar-refractivity contribution < 1.29 is 14.6 Å². The van der Waals surface area contributed by atoms with Crippen molar-refractivity contribution in [2.75, 3.05) is 18.5 Å². The van der Waals surface area contributed by atoms with E-state index in [0.717, 1.165) is 19.4 Å². The summed E-state index contributed by atoms with van der Waals surface area (Å²) >= 11 is 0. The number of ether oxygens (including phenoxy) is 1. The molecule has 1 aliphatic heterocycles. The molecule has 17 heavy (non-hydrogen) atoms. The molecule has 0 aromatic carbocycles. The Bertz CT molecular complexity index is 397. The first-order valence-corrected chi connectivity index (χ1v) is 5.64. The number of pyridine rings is 1. The van der Waals surface area contributed by atoms with Crippen molar-refractivity contribution >= 4 is 11.8 Å². The zero-order chi connectivity index (χ0) is 12.3. The maximum Gasteiger partial charge on any atom is 0.337 e. The first-order chi connectivity index (χ1) is 8.09. The SMILES string of the molecule is CC1(Nc2ccc(C(=O)O)cn2)CCCOC1. The van der Waals surface area contributed by atoms with E-state index in [0.29, 0.717) is 12.4 Å². The summed E-state index contributed by atoms with van der Waals surface area (Å²) in [6.45, 7) is 3.54. The lowest BCUT2D eigenvalue weighted by atomic mass is 9.95. The van der Waals surface area contributed by atoms with Gasteiger partial charge < -0.3 is 15.2 Å². The van der Waals surface area contributed by atoms with E-state index in [1.165, 1.54) is 6.20 Å². The predicted molar refractivity (Wildman–Crippen MR) is 63.3 cm³/mol. The van der Waals surface area contributed by atoms with Crippen molar-refractivity contribution in [1.29, 1.82) is 0 Å². The molecule has 1 aromatic heterocycles. The maximum atomic E-state index is 10.7. The van der Waals surface area contributed by atoms with Crippen LogP contribution in [0.1, 0.15) is 30.1 Å². The topological polar surface area (TPSA) is 71.5 Å². The lowest BCUT2D eigenvalue weighted by Gasteiger charge is -2.34. The molecule has 2 heterocycles. The van der Waals surface area contributed by atoms with Gasteiger partial charge in [0, 0.05) is 12.8 Å². The van der Waals surface area contributed by atoms with Crippen LogP contribution in [0.4, 0.5) is 5.82 Å². The quantitative estimate of drug-likeness (QED) is 0.836. The Labute approximate surface area is 99.8 Å². The van der Waals surface area contributed by atoms with Gasteiger partial charge in [-0.2, -0.15) is 0 Å². The van der Waals surface area contributed by atoms with Crippen LogP contribution in [0.2, 0.25) is 0 Å². The number of carboxylic acids is 1. The summed E-state index contributed by atoms with van der Waals surface area (Å²) in [7, 11) is 0. The van der Waals surface area contributed by atoms with Crippen molar-refractivity contribution in [3.63, 3.8) is 0 Å². The van der Waals surface area contributed by atoms with E-state index >= 15 is 0 Å².